The fraction of sp³-hybridized carbons (Fsp3) is 0.720. The van der Waals surface area contributed by atoms with E-state index in [0.29, 0.717) is 59.6 Å². The van der Waals surface area contributed by atoms with Gasteiger partial charge in [0.2, 0.25) is 0 Å². The Morgan fingerprint density at radius 3 is 1.15 bits per heavy atom. The Labute approximate surface area is 763 Å². The summed E-state index contributed by atoms with van der Waals surface area (Å²) in [5.41, 5.74) is 13.0. The predicted molar refractivity (Wildman–Crippen MR) is 532 cm³/mol. The van der Waals surface area contributed by atoms with Crippen molar-refractivity contribution >= 4 is 0 Å². The summed E-state index contributed by atoms with van der Waals surface area (Å²) in [7, 11) is 2.20. The van der Waals surface area contributed by atoms with Crippen LogP contribution in [0.1, 0.15) is 287 Å². The predicted octanol–water partition coefficient (Wildman–Crippen LogP) is 24.6. The van der Waals surface area contributed by atoms with Crippen molar-refractivity contribution in [2.75, 3.05) is 138 Å². The van der Waals surface area contributed by atoms with Crippen molar-refractivity contribution in [3.8, 4) is 0 Å². The fourth-order valence-electron chi connectivity index (χ4n) is 13.6. The summed E-state index contributed by atoms with van der Waals surface area (Å²) < 4.78 is 24.6. The zero-order chi connectivity index (χ0) is 94.1. The molecule has 0 bridgehead atoms. The number of morpholine rings is 3. The van der Waals surface area contributed by atoms with Gasteiger partial charge in [-0.1, -0.05) is 276 Å². The van der Waals surface area contributed by atoms with Crippen LogP contribution in [0.25, 0.3) is 0 Å². The molecule has 0 saturated carbocycles. The molecule has 0 unspecified atom stereocenters. The second-order valence-corrected chi connectivity index (χ2v) is 48.1. The van der Waals surface area contributed by atoms with Crippen molar-refractivity contribution in [3.63, 3.8) is 0 Å². The normalized spacial score (nSPS) is 15.6. The van der Waals surface area contributed by atoms with Gasteiger partial charge in [-0.05, 0) is 204 Å². The lowest BCUT2D eigenvalue weighted by molar-refractivity contribution is 0.0236. The van der Waals surface area contributed by atoms with Gasteiger partial charge in [-0.15, -0.1) is 0 Å². The highest BCUT2D eigenvalue weighted by molar-refractivity contribution is 5.16. The maximum absolute atomic E-state index is 5.31. The zero-order valence-corrected chi connectivity index (χ0v) is 86.9. The van der Waals surface area contributed by atoms with E-state index in [1.807, 2.05) is 85.3 Å². The van der Waals surface area contributed by atoms with Crippen molar-refractivity contribution in [1.29, 1.82) is 0 Å². The Kier molecular flexibility index (Phi) is 54.1. The van der Waals surface area contributed by atoms with Gasteiger partial charge in [0.25, 0.3) is 0 Å². The number of hydrogen-bond acceptors (Lipinski definition) is 15. The molecule has 0 atom stereocenters. The Morgan fingerprint density at radius 2 is 0.766 bits per heavy atom. The summed E-state index contributed by atoms with van der Waals surface area (Å²) in [4.78, 5) is 24.8. The second-order valence-electron chi connectivity index (χ2n) is 48.1. The van der Waals surface area contributed by atoms with Gasteiger partial charge in [0.05, 0.1) is 51.0 Å². The van der Waals surface area contributed by atoms with Gasteiger partial charge in [0.1, 0.15) is 6.26 Å². The molecule has 4 saturated heterocycles. The number of aromatic nitrogens is 8. The van der Waals surface area contributed by atoms with Gasteiger partial charge in [-0.3, -0.25) is 39.0 Å². The van der Waals surface area contributed by atoms with E-state index in [1.54, 1.807) is 6.26 Å². The molecule has 6 aromatic heterocycles. The lowest BCUT2D eigenvalue weighted by Crippen LogP contribution is -2.47. The van der Waals surface area contributed by atoms with Crippen LogP contribution in [0.4, 0.5) is 0 Å². The zero-order valence-electron chi connectivity index (χ0n) is 86.9. The molecule has 0 N–H and O–H groups in total. The van der Waals surface area contributed by atoms with Gasteiger partial charge in [0, 0.05) is 152 Å². The first-order chi connectivity index (χ1) is 57.1. The van der Waals surface area contributed by atoms with Crippen molar-refractivity contribution in [2.24, 2.45) is 59.6 Å². The van der Waals surface area contributed by atoms with Gasteiger partial charge in [-0.2, -0.15) is 10.2 Å². The molecule has 1 aromatic carbocycles. The largest absolute Gasteiger partial charge is 0.379 e. The standard InChI is InChI=1S/C11H23NO.C11H16.C10H18N2.C10H22N2.C10H21NO.3C10H15N.C9H19NO.C8H14N2.C8H13NO/c1-11(2,3)5-4-6-12-7-9-13-10-8-12;1-11(2,3)9-10-7-5-4-6-8-10;1-8-6-9(2)12(11-8)7-10(3,4)5;1-10(2,3)9-12-7-5-11(4)6-8-12;1-10(2,3)4-5-11-6-8-12-9-7-11;1-10(2,3)8-9-4-6-11-7-5-9;1-10(2,3)7-9-5-4-6-11-8-9;1-10(2,3)8-9-6-4-5-7-11-9;1-9(2,3)8-10-4-6-11-7-5-10;1-8(2,3)7-10-6-4-5-9-10;1-8(2,3)6-7-4-5-10-9-7/h4-10H2,1-3H3;4-8H,9H2,1-3H3;6H,7H2,1-5H3;5-9H2,1-4H3;4-9H2,1-3H3;4-7H,8H2,1-3H3;4-6,8H,7H2,1-3H3;4-7H,8H2,1-3H3;4-8H2,1-3H3;4-6H,7H2,1-3H3;4-5H,6H2,1-3H3. The molecule has 4 aliphatic rings. The van der Waals surface area contributed by atoms with Crippen LogP contribution in [0.2, 0.25) is 0 Å². The molecule has 7 aromatic rings. The molecular weight excluding hydrogens is 1530 g/mol. The first-order valence-corrected chi connectivity index (χ1v) is 47.0. The molecule has 4 aliphatic heterocycles. The summed E-state index contributed by atoms with van der Waals surface area (Å²) in [6.45, 7) is 103. The monoisotopic (exact) mass is 1720 g/mol. The van der Waals surface area contributed by atoms with E-state index in [4.69, 9.17) is 18.7 Å². The van der Waals surface area contributed by atoms with Crippen molar-refractivity contribution < 1.29 is 18.7 Å². The highest BCUT2D eigenvalue weighted by atomic mass is 16.5. The SMILES string of the molecule is CC(C)(C)CCCN1CCOCC1.CC(C)(C)CCN1CCOCC1.CC(C)(C)CN1CCOCC1.CC(C)(C)Cc1ccccc1.CC(C)(C)Cc1ccccn1.CC(C)(C)Cc1cccnc1.CC(C)(C)Cc1ccncc1.CC(C)(C)Cc1ccon1.CC(C)(C)Cn1cccn1.CN1CCN(CC(C)(C)C)CC1.Cc1cc(C)n(CC(C)(C)C)n1. The number of nitrogens with zero attached hydrogens (tertiary/aromatic N) is 13. The molecule has 4 fully saturated rings. The molecule has 124 heavy (non-hydrogen) atoms. The number of hydrogen-bond donors (Lipinski definition) is 0. The fourth-order valence-corrected chi connectivity index (χ4v) is 13.6. The molecule has 0 radical (unpaired) electrons. The third-order valence-electron chi connectivity index (χ3n) is 19.0. The number of ether oxygens (including phenoxy) is 3. The maximum Gasteiger partial charge on any atom is 0.124 e. The van der Waals surface area contributed by atoms with Crippen LogP contribution in [0.3, 0.4) is 0 Å². The van der Waals surface area contributed by atoms with E-state index in [0.717, 1.165) is 135 Å². The lowest BCUT2D eigenvalue weighted by Gasteiger charge is -2.36. The molecule has 11 rings (SSSR count). The number of benzene rings is 1. The summed E-state index contributed by atoms with van der Waals surface area (Å²) in [6.07, 6.45) is 24.0. The topological polar surface area (TPSA) is 144 Å². The van der Waals surface area contributed by atoms with Crippen LogP contribution in [-0.2, 0) is 59.4 Å². The average molecular weight is 1720 g/mol. The summed E-state index contributed by atoms with van der Waals surface area (Å²) >= 11 is 0. The minimum atomic E-state index is 0.302. The van der Waals surface area contributed by atoms with Crippen molar-refractivity contribution in [3.05, 3.63) is 180 Å². The Hall–Kier alpha value is -6.02. The van der Waals surface area contributed by atoms with E-state index < -0.39 is 0 Å². The molecule has 0 amide bonds. The van der Waals surface area contributed by atoms with Gasteiger partial charge in [0.15, 0.2) is 0 Å². The van der Waals surface area contributed by atoms with Gasteiger partial charge in [-0.25, -0.2) is 0 Å². The minimum Gasteiger partial charge on any atom is -0.379 e. The summed E-state index contributed by atoms with van der Waals surface area (Å²) in [5.74, 6) is 0. The lowest BCUT2D eigenvalue weighted by atomic mass is 9.88. The quantitative estimate of drug-likeness (QED) is 0.102. The highest BCUT2D eigenvalue weighted by Gasteiger charge is 2.23. The molecule has 0 aliphatic carbocycles. The molecule has 10 heterocycles. The third-order valence-corrected chi connectivity index (χ3v) is 19.0. The number of pyridine rings is 3. The van der Waals surface area contributed by atoms with Crippen LogP contribution in [-0.4, -0.2) is 202 Å². The minimum absolute atomic E-state index is 0.302. The Bertz CT molecular complexity index is 3380. The van der Waals surface area contributed by atoms with E-state index in [9.17, 15) is 0 Å². The number of piperazine rings is 1. The van der Waals surface area contributed by atoms with Gasteiger partial charge >= 0.3 is 0 Å². The molecule has 708 valence electrons. The Morgan fingerprint density at radius 1 is 0.339 bits per heavy atom. The summed E-state index contributed by atoms with van der Waals surface area (Å²) in [5, 5.41) is 12.4. The first kappa shape index (κ1) is 116. The van der Waals surface area contributed by atoms with E-state index in [-0.39, 0.29) is 0 Å². The van der Waals surface area contributed by atoms with Crippen molar-refractivity contribution in [1.82, 2.24) is 64.2 Å². The Balaban J connectivity index is 0.000000682. The average Bonchev–Trinajstić information content (AvgIpc) is 1.72. The van der Waals surface area contributed by atoms with E-state index >= 15 is 0 Å². The third kappa shape index (κ3) is 74.0. The van der Waals surface area contributed by atoms with Crippen LogP contribution < -0.4 is 0 Å². The van der Waals surface area contributed by atoms with Crippen LogP contribution in [0.15, 0.2) is 145 Å². The smallest absolute Gasteiger partial charge is 0.124 e. The molecular formula is C107H191N13O4. The first-order valence-electron chi connectivity index (χ1n) is 47.0. The highest BCUT2D eigenvalue weighted by Crippen LogP contribution is 2.27. The number of likely N-dealkylation sites (N-methyl/N-ethyl adjacent to an activating group) is 1. The van der Waals surface area contributed by atoms with Crippen LogP contribution in [0, 0.1) is 73.4 Å². The maximum atomic E-state index is 5.31. The number of rotatable bonds is 14. The van der Waals surface area contributed by atoms with Crippen LogP contribution in [0.5, 0.6) is 0 Å². The van der Waals surface area contributed by atoms with Crippen LogP contribution >= 0.6 is 0 Å². The molecule has 17 heteroatoms. The summed E-state index contributed by atoms with van der Waals surface area (Å²) in [6, 6.07) is 30.9. The second kappa shape index (κ2) is 57.8. The van der Waals surface area contributed by atoms with E-state index in [1.165, 1.54) is 99.7 Å². The van der Waals surface area contributed by atoms with Crippen molar-refractivity contribution in [2.45, 2.75) is 307 Å². The molecule has 0 spiro atoms. The molecule has 17 nitrogen and oxygen atoms in total. The van der Waals surface area contributed by atoms with Gasteiger partial charge < -0.3 is 28.5 Å². The van der Waals surface area contributed by atoms with E-state index in [2.05, 4.69) is 363 Å². The number of aryl methyl sites for hydroxylation is 2.